The van der Waals surface area contributed by atoms with E-state index in [0.717, 1.165) is 39.0 Å². The van der Waals surface area contributed by atoms with E-state index in [9.17, 15) is 5.11 Å². The first-order valence-electron chi connectivity index (χ1n) is 9.32. The third-order valence-corrected chi connectivity index (χ3v) is 5.23. The minimum Gasteiger partial charge on any atom is -0.504 e. The molecule has 0 saturated carbocycles. The van der Waals surface area contributed by atoms with Crippen molar-refractivity contribution in [2.45, 2.75) is 13.5 Å². The van der Waals surface area contributed by atoms with Crippen LogP contribution in [0.5, 0.6) is 11.5 Å². The first-order chi connectivity index (χ1) is 13.7. The second-order valence-electron chi connectivity index (χ2n) is 7.04. The first kappa shape index (κ1) is 16.7. The topological polar surface area (TPSA) is 58.7 Å². The second kappa shape index (κ2) is 6.60. The molecule has 5 rings (SSSR count). The average Bonchev–Trinajstić information content (AvgIpc) is 3.07. The number of anilines is 1. The summed E-state index contributed by atoms with van der Waals surface area (Å²) >= 11 is 0. The summed E-state index contributed by atoms with van der Waals surface area (Å²) in [5.74, 6) is 1.59. The number of rotatable bonds is 2. The highest BCUT2D eigenvalue weighted by Crippen LogP contribution is 2.39. The minimum absolute atomic E-state index is 0.173. The van der Waals surface area contributed by atoms with Crippen molar-refractivity contribution < 1.29 is 14.3 Å². The number of hydrogen-bond acceptors (Lipinski definition) is 5. The molecule has 0 atom stereocenters. The lowest BCUT2D eigenvalue weighted by molar-refractivity contribution is 0.312. The predicted molar refractivity (Wildman–Crippen MR) is 109 cm³/mol. The molecule has 3 heterocycles. The van der Waals surface area contributed by atoms with Crippen LogP contribution >= 0.6 is 0 Å². The maximum atomic E-state index is 10.6. The molecule has 2 aromatic carbocycles. The number of aromatic hydroxyl groups is 1. The van der Waals surface area contributed by atoms with Crippen molar-refractivity contribution in [3.8, 4) is 22.6 Å². The molecule has 2 aromatic heterocycles. The van der Waals surface area contributed by atoms with Gasteiger partial charge in [0, 0.05) is 18.3 Å². The maximum Gasteiger partial charge on any atom is 0.166 e. The quantitative estimate of drug-likeness (QED) is 0.542. The molecule has 0 fully saturated rings. The van der Waals surface area contributed by atoms with E-state index in [2.05, 4.69) is 35.0 Å². The second-order valence-corrected chi connectivity index (χ2v) is 7.04. The molecule has 1 aliphatic heterocycles. The Bertz CT molecular complexity index is 1170. The van der Waals surface area contributed by atoms with Crippen molar-refractivity contribution in [1.82, 2.24) is 4.98 Å². The van der Waals surface area contributed by atoms with Crippen molar-refractivity contribution in [3.05, 3.63) is 72.1 Å². The molecule has 0 spiro atoms. The van der Waals surface area contributed by atoms with Crippen molar-refractivity contribution in [2.75, 3.05) is 18.1 Å². The molecule has 140 valence electrons. The summed E-state index contributed by atoms with van der Waals surface area (Å²) in [6.07, 6.45) is 3.44. The van der Waals surface area contributed by atoms with E-state index in [1.807, 2.05) is 24.3 Å². The number of ether oxygens (including phenoxy) is 1. The van der Waals surface area contributed by atoms with Crippen LogP contribution in [0.15, 0.2) is 65.4 Å². The number of nitrogens with zero attached hydrogens (tertiary/aromatic N) is 2. The fourth-order valence-electron chi connectivity index (χ4n) is 3.86. The number of aromatic nitrogens is 1. The van der Waals surface area contributed by atoms with Crippen molar-refractivity contribution >= 4 is 16.8 Å². The summed E-state index contributed by atoms with van der Waals surface area (Å²) < 4.78 is 11.4. The molecule has 5 nitrogen and oxygen atoms in total. The fourth-order valence-corrected chi connectivity index (χ4v) is 3.86. The molecular weight excluding hydrogens is 352 g/mol. The summed E-state index contributed by atoms with van der Waals surface area (Å²) in [6.45, 7) is 3.82. The molecule has 0 aliphatic carbocycles. The van der Waals surface area contributed by atoms with Gasteiger partial charge < -0.3 is 19.2 Å². The van der Waals surface area contributed by atoms with E-state index in [0.29, 0.717) is 25.4 Å². The van der Waals surface area contributed by atoms with Crippen LogP contribution in [0.3, 0.4) is 0 Å². The van der Waals surface area contributed by atoms with Gasteiger partial charge in [0.1, 0.15) is 18.0 Å². The predicted octanol–water partition coefficient (Wildman–Crippen LogP) is 4.91. The van der Waals surface area contributed by atoms with Gasteiger partial charge in [0.15, 0.2) is 11.5 Å². The number of benzene rings is 2. The Labute approximate surface area is 162 Å². The van der Waals surface area contributed by atoms with Gasteiger partial charge in [0.05, 0.1) is 18.2 Å². The monoisotopic (exact) mass is 372 g/mol. The Morgan fingerprint density at radius 3 is 2.89 bits per heavy atom. The summed E-state index contributed by atoms with van der Waals surface area (Å²) in [5.41, 5.74) is 5.00. The van der Waals surface area contributed by atoms with Gasteiger partial charge in [0.25, 0.3) is 0 Å². The lowest BCUT2D eigenvalue weighted by atomic mass is 9.98. The molecule has 28 heavy (non-hydrogen) atoms. The van der Waals surface area contributed by atoms with Crippen LogP contribution < -0.4 is 9.64 Å². The maximum absolute atomic E-state index is 10.6. The zero-order chi connectivity index (χ0) is 19.1. The number of phenols is 1. The molecular formula is C23H20N2O3. The van der Waals surface area contributed by atoms with Gasteiger partial charge in [-0.05, 0) is 47.9 Å². The van der Waals surface area contributed by atoms with E-state index in [4.69, 9.17) is 9.15 Å². The highest BCUT2D eigenvalue weighted by atomic mass is 16.5. The van der Waals surface area contributed by atoms with Gasteiger partial charge in [0.2, 0.25) is 0 Å². The van der Waals surface area contributed by atoms with Gasteiger partial charge in [-0.1, -0.05) is 24.3 Å². The fraction of sp³-hybridized carbons (Fsp3) is 0.174. The number of phenolic OH excluding ortho intramolecular Hbond substituents is 1. The normalized spacial score (nSPS) is 13.8. The smallest absolute Gasteiger partial charge is 0.166 e. The molecule has 0 amide bonds. The van der Waals surface area contributed by atoms with Crippen LogP contribution in [-0.4, -0.2) is 23.2 Å². The third kappa shape index (κ3) is 2.76. The summed E-state index contributed by atoms with van der Waals surface area (Å²) in [7, 11) is 0. The first-order valence-corrected chi connectivity index (χ1v) is 9.32. The van der Waals surface area contributed by atoms with Gasteiger partial charge in [-0.15, -0.1) is 0 Å². The van der Waals surface area contributed by atoms with Crippen LogP contribution in [0.25, 0.3) is 22.1 Å². The Morgan fingerprint density at radius 1 is 1.11 bits per heavy atom. The molecule has 5 heteroatoms. The number of aryl methyl sites for hydroxylation is 1. The van der Waals surface area contributed by atoms with Crippen molar-refractivity contribution in [1.29, 1.82) is 0 Å². The van der Waals surface area contributed by atoms with Crippen LogP contribution in [-0.2, 0) is 6.54 Å². The highest BCUT2D eigenvalue weighted by molar-refractivity contribution is 5.88. The van der Waals surface area contributed by atoms with Crippen LogP contribution in [0, 0.1) is 6.92 Å². The Hall–Kier alpha value is -3.47. The number of hydrogen-bond donors (Lipinski definition) is 1. The SMILES string of the molecule is Cc1ccccc1-c1cc(O)c2c(c1)CN(c1nccc3occc13)CCO2. The lowest BCUT2D eigenvalue weighted by Crippen LogP contribution is -2.26. The summed E-state index contributed by atoms with van der Waals surface area (Å²) in [6, 6.07) is 15.9. The highest BCUT2D eigenvalue weighted by Gasteiger charge is 2.22. The number of fused-ring (bicyclic) bond motifs is 2. The van der Waals surface area contributed by atoms with E-state index in [1.165, 1.54) is 0 Å². The van der Waals surface area contributed by atoms with Gasteiger partial charge in [-0.2, -0.15) is 0 Å². The molecule has 1 N–H and O–H groups in total. The van der Waals surface area contributed by atoms with E-state index >= 15 is 0 Å². The molecule has 0 bridgehead atoms. The standard InChI is InChI=1S/C23H20N2O3/c1-15-4-2-3-5-18(15)16-12-17-14-25(9-11-28-22(17)20(26)13-16)23-19-7-10-27-21(19)6-8-24-23/h2-8,10,12-13,26H,9,11,14H2,1H3. The van der Waals surface area contributed by atoms with Crippen LogP contribution in [0.4, 0.5) is 5.82 Å². The summed E-state index contributed by atoms with van der Waals surface area (Å²) in [4.78, 5) is 6.75. The average molecular weight is 372 g/mol. The van der Waals surface area contributed by atoms with E-state index in [-0.39, 0.29) is 5.75 Å². The Morgan fingerprint density at radius 2 is 2.00 bits per heavy atom. The minimum atomic E-state index is 0.173. The van der Waals surface area contributed by atoms with Gasteiger partial charge in [-0.3, -0.25) is 0 Å². The third-order valence-electron chi connectivity index (χ3n) is 5.23. The van der Waals surface area contributed by atoms with Crippen molar-refractivity contribution in [2.24, 2.45) is 0 Å². The van der Waals surface area contributed by atoms with Crippen LogP contribution in [0.1, 0.15) is 11.1 Å². The molecule has 0 unspecified atom stereocenters. The van der Waals surface area contributed by atoms with Gasteiger partial charge >= 0.3 is 0 Å². The largest absolute Gasteiger partial charge is 0.504 e. The zero-order valence-corrected chi connectivity index (χ0v) is 15.6. The molecule has 0 saturated heterocycles. The number of pyridine rings is 1. The molecule has 0 radical (unpaired) electrons. The zero-order valence-electron chi connectivity index (χ0n) is 15.6. The number of furan rings is 1. The van der Waals surface area contributed by atoms with E-state index < -0.39 is 0 Å². The lowest BCUT2D eigenvalue weighted by Gasteiger charge is -2.21. The van der Waals surface area contributed by atoms with Gasteiger partial charge in [-0.25, -0.2) is 4.98 Å². The Kier molecular flexibility index (Phi) is 3.93. The van der Waals surface area contributed by atoms with Crippen molar-refractivity contribution in [3.63, 3.8) is 0 Å². The summed E-state index contributed by atoms with van der Waals surface area (Å²) in [5, 5.41) is 11.6. The Balaban J connectivity index is 1.59. The molecule has 1 aliphatic rings. The molecule has 4 aromatic rings. The van der Waals surface area contributed by atoms with E-state index in [1.54, 1.807) is 18.5 Å². The van der Waals surface area contributed by atoms with Crippen LogP contribution in [0.2, 0.25) is 0 Å².